The summed E-state index contributed by atoms with van der Waals surface area (Å²) in [5.74, 6) is 0.669. The van der Waals surface area contributed by atoms with Crippen molar-refractivity contribution >= 4 is 45.0 Å². The summed E-state index contributed by atoms with van der Waals surface area (Å²) in [6, 6.07) is 4.40. The highest BCUT2D eigenvalue weighted by Crippen LogP contribution is 2.24. The van der Waals surface area contributed by atoms with Crippen LogP contribution >= 0.6 is 27.5 Å². The molecule has 1 aromatic carbocycles. The van der Waals surface area contributed by atoms with E-state index in [0.717, 1.165) is 43.7 Å². The number of hydrogen-bond acceptors (Lipinski definition) is 6. The summed E-state index contributed by atoms with van der Waals surface area (Å²) < 4.78 is 14.0. The largest absolute Gasteiger partial charge is 0.368 e. The first kappa shape index (κ1) is 19.3. The van der Waals surface area contributed by atoms with Crippen LogP contribution in [0.3, 0.4) is 0 Å². The third-order valence-corrected chi connectivity index (χ3v) is 5.11. The lowest BCUT2D eigenvalue weighted by Gasteiger charge is -2.32. The lowest BCUT2D eigenvalue weighted by Crippen LogP contribution is -2.45. The molecule has 0 unspecified atom stereocenters. The summed E-state index contributed by atoms with van der Waals surface area (Å²) in [6.45, 7) is 6.13. The van der Waals surface area contributed by atoms with Gasteiger partial charge < -0.3 is 15.5 Å². The van der Waals surface area contributed by atoms with Gasteiger partial charge in [0.2, 0.25) is 5.95 Å². The third kappa shape index (κ3) is 5.26. The van der Waals surface area contributed by atoms with Crippen LogP contribution in [-0.4, -0.2) is 66.1 Å². The molecule has 0 aliphatic carbocycles. The van der Waals surface area contributed by atoms with Gasteiger partial charge in [0.25, 0.3) is 0 Å². The fourth-order valence-corrected chi connectivity index (χ4v) is 3.17. The van der Waals surface area contributed by atoms with Gasteiger partial charge in [-0.1, -0.05) is 11.6 Å². The number of benzene rings is 1. The molecule has 2 aromatic rings. The molecule has 3 rings (SSSR count). The molecule has 0 bridgehead atoms. The smallest absolute Gasteiger partial charge is 0.229 e. The number of halogens is 3. The van der Waals surface area contributed by atoms with Crippen molar-refractivity contribution in [2.45, 2.75) is 0 Å². The van der Waals surface area contributed by atoms with Crippen molar-refractivity contribution in [3.05, 3.63) is 39.7 Å². The summed E-state index contributed by atoms with van der Waals surface area (Å²) >= 11 is 9.27. The molecule has 0 atom stereocenters. The van der Waals surface area contributed by atoms with Crippen LogP contribution in [0.5, 0.6) is 0 Å². The number of anilines is 3. The van der Waals surface area contributed by atoms with E-state index in [4.69, 9.17) is 11.6 Å². The molecule has 2 N–H and O–H groups in total. The molecule has 0 spiro atoms. The number of likely N-dealkylation sites (N-methyl/N-ethyl adjacent to an activating group) is 1. The second-order valence-electron chi connectivity index (χ2n) is 6.22. The average Bonchev–Trinajstić information content (AvgIpc) is 2.62. The predicted molar refractivity (Wildman–Crippen MR) is 107 cm³/mol. The van der Waals surface area contributed by atoms with Crippen molar-refractivity contribution in [3.63, 3.8) is 0 Å². The number of hydrogen-bond donors (Lipinski definition) is 2. The van der Waals surface area contributed by atoms with E-state index in [0.29, 0.717) is 17.5 Å². The van der Waals surface area contributed by atoms with E-state index >= 15 is 0 Å². The highest BCUT2D eigenvalue weighted by molar-refractivity contribution is 9.10. The van der Waals surface area contributed by atoms with Gasteiger partial charge in [-0.25, -0.2) is 9.37 Å². The number of nitrogens with one attached hydrogen (secondary N) is 2. The fourth-order valence-electron chi connectivity index (χ4n) is 2.66. The monoisotopic (exact) mass is 442 g/mol. The Labute approximate surface area is 165 Å². The first-order valence-corrected chi connectivity index (χ1v) is 9.58. The maximum absolute atomic E-state index is 13.3. The molecule has 140 valence electrons. The Kier molecular flexibility index (Phi) is 6.63. The van der Waals surface area contributed by atoms with Gasteiger partial charge in [-0.15, -0.1) is 0 Å². The molecular weight excluding hydrogens is 423 g/mol. The van der Waals surface area contributed by atoms with Gasteiger partial charge in [0.1, 0.15) is 11.6 Å². The molecule has 0 radical (unpaired) electrons. The van der Waals surface area contributed by atoms with Gasteiger partial charge in [0.05, 0.1) is 9.50 Å². The Balaban J connectivity index is 1.57. The summed E-state index contributed by atoms with van der Waals surface area (Å²) in [4.78, 5) is 13.5. The Morgan fingerprint density at radius 1 is 1.27 bits per heavy atom. The van der Waals surface area contributed by atoms with Crippen LogP contribution in [0.15, 0.2) is 28.9 Å². The van der Waals surface area contributed by atoms with Crippen molar-refractivity contribution in [2.24, 2.45) is 0 Å². The van der Waals surface area contributed by atoms with Crippen molar-refractivity contribution in [1.29, 1.82) is 0 Å². The zero-order valence-corrected chi connectivity index (χ0v) is 16.8. The SMILES string of the molecule is CN1CCN(CCNc2nc(Nc3ccc(F)c(Cl)c3)ncc2Br)CC1. The molecule has 26 heavy (non-hydrogen) atoms. The van der Waals surface area contributed by atoms with Gasteiger partial charge in [-0.3, -0.25) is 4.90 Å². The minimum absolute atomic E-state index is 0.0534. The van der Waals surface area contributed by atoms with Crippen LogP contribution in [0, 0.1) is 5.82 Å². The molecule has 0 saturated carbocycles. The molecule has 1 saturated heterocycles. The lowest BCUT2D eigenvalue weighted by molar-refractivity contribution is 0.158. The second kappa shape index (κ2) is 8.94. The minimum atomic E-state index is -0.458. The normalized spacial score (nSPS) is 15.8. The van der Waals surface area contributed by atoms with Gasteiger partial charge >= 0.3 is 0 Å². The third-order valence-electron chi connectivity index (χ3n) is 4.24. The standard InChI is InChI=1S/C17H21BrClFN6/c1-25-6-8-26(9-7-25)5-4-21-16-13(18)11-22-17(24-16)23-12-2-3-15(20)14(19)10-12/h2-3,10-11H,4-9H2,1H3,(H2,21,22,23,24). The molecule has 1 fully saturated rings. The molecule has 0 amide bonds. The molecule has 9 heteroatoms. The van der Waals surface area contributed by atoms with Crippen LogP contribution in [0.4, 0.5) is 21.8 Å². The number of piperazine rings is 1. The Morgan fingerprint density at radius 3 is 2.77 bits per heavy atom. The Morgan fingerprint density at radius 2 is 2.04 bits per heavy atom. The Bertz CT molecular complexity index is 754. The highest BCUT2D eigenvalue weighted by Gasteiger charge is 2.13. The van der Waals surface area contributed by atoms with E-state index in [-0.39, 0.29) is 5.02 Å². The van der Waals surface area contributed by atoms with Gasteiger partial charge in [-0.05, 0) is 41.2 Å². The highest BCUT2D eigenvalue weighted by atomic mass is 79.9. The van der Waals surface area contributed by atoms with Crippen molar-refractivity contribution in [2.75, 3.05) is 56.9 Å². The summed E-state index contributed by atoms with van der Waals surface area (Å²) in [6.07, 6.45) is 1.68. The van der Waals surface area contributed by atoms with E-state index in [1.807, 2.05) is 0 Å². The Hall–Kier alpha value is -1.48. The van der Waals surface area contributed by atoms with Crippen LogP contribution in [0.1, 0.15) is 0 Å². The van der Waals surface area contributed by atoms with E-state index < -0.39 is 5.82 Å². The zero-order chi connectivity index (χ0) is 18.5. The maximum atomic E-state index is 13.3. The van der Waals surface area contributed by atoms with E-state index in [9.17, 15) is 4.39 Å². The second-order valence-corrected chi connectivity index (χ2v) is 7.48. The van der Waals surface area contributed by atoms with E-state index in [2.05, 4.69) is 53.4 Å². The van der Waals surface area contributed by atoms with E-state index in [1.165, 1.54) is 12.1 Å². The zero-order valence-electron chi connectivity index (χ0n) is 14.5. The van der Waals surface area contributed by atoms with Crippen molar-refractivity contribution < 1.29 is 4.39 Å². The number of rotatable bonds is 6. The molecule has 1 aliphatic heterocycles. The quantitative estimate of drug-likeness (QED) is 0.713. The number of aromatic nitrogens is 2. The fraction of sp³-hybridized carbons (Fsp3) is 0.412. The molecule has 6 nitrogen and oxygen atoms in total. The maximum Gasteiger partial charge on any atom is 0.229 e. The molecular formula is C17H21BrClFN6. The summed E-state index contributed by atoms with van der Waals surface area (Å²) in [7, 11) is 2.15. The van der Waals surface area contributed by atoms with Crippen LogP contribution in [0.25, 0.3) is 0 Å². The van der Waals surface area contributed by atoms with E-state index in [1.54, 1.807) is 12.3 Å². The number of nitrogens with zero attached hydrogens (tertiary/aromatic N) is 4. The minimum Gasteiger partial charge on any atom is -0.368 e. The van der Waals surface area contributed by atoms with Gasteiger partial charge in [-0.2, -0.15) is 4.98 Å². The van der Waals surface area contributed by atoms with Crippen LogP contribution in [0.2, 0.25) is 5.02 Å². The molecule has 1 aliphatic rings. The van der Waals surface area contributed by atoms with Crippen molar-refractivity contribution in [1.82, 2.24) is 19.8 Å². The summed E-state index contributed by atoms with van der Waals surface area (Å²) in [5.41, 5.74) is 0.627. The van der Waals surface area contributed by atoms with Gasteiger partial charge in [0.15, 0.2) is 0 Å². The molecule has 2 heterocycles. The van der Waals surface area contributed by atoms with Gasteiger partial charge in [0, 0.05) is 51.2 Å². The van der Waals surface area contributed by atoms with Crippen LogP contribution in [-0.2, 0) is 0 Å². The topological polar surface area (TPSA) is 56.3 Å². The van der Waals surface area contributed by atoms with Crippen LogP contribution < -0.4 is 10.6 Å². The molecule has 1 aromatic heterocycles. The summed E-state index contributed by atoms with van der Waals surface area (Å²) in [5, 5.41) is 6.43. The first-order chi connectivity index (χ1) is 12.5. The first-order valence-electron chi connectivity index (χ1n) is 8.40. The lowest BCUT2D eigenvalue weighted by atomic mass is 10.3. The predicted octanol–water partition coefficient (Wildman–Crippen LogP) is 3.43. The van der Waals surface area contributed by atoms with Crippen molar-refractivity contribution in [3.8, 4) is 0 Å². The average molecular weight is 444 g/mol.